The van der Waals surface area contributed by atoms with Crippen molar-refractivity contribution in [1.82, 2.24) is 14.7 Å². The standard InChI is InChI=1S/C25H25FN4O3/c1-17-12-18(2)30(27-17)22-5-3-4-19(13-22)24(32)28-11-10-25(15-28)16-29(23(31)14-33-25)21-8-6-20(26)7-9-21/h3-9,12-13H,10-11,14-16H2,1-2H3/t25-/m1/s1. The van der Waals surface area contributed by atoms with Crippen molar-refractivity contribution in [1.29, 1.82) is 0 Å². The number of likely N-dealkylation sites (tertiary alicyclic amines) is 1. The van der Waals surface area contributed by atoms with Gasteiger partial charge < -0.3 is 14.5 Å². The predicted octanol–water partition coefficient (Wildman–Crippen LogP) is 3.28. The van der Waals surface area contributed by atoms with E-state index in [2.05, 4.69) is 5.10 Å². The Kier molecular flexibility index (Phi) is 5.25. The lowest BCUT2D eigenvalue weighted by atomic mass is 10.00. The lowest BCUT2D eigenvalue weighted by molar-refractivity contribution is -0.137. The first-order valence-corrected chi connectivity index (χ1v) is 11.0. The number of aromatic nitrogens is 2. The smallest absolute Gasteiger partial charge is 0.254 e. The Bertz CT molecular complexity index is 1220. The van der Waals surface area contributed by atoms with Crippen LogP contribution in [0.3, 0.4) is 0 Å². The van der Waals surface area contributed by atoms with E-state index in [1.165, 1.54) is 12.1 Å². The number of ether oxygens (including phenoxy) is 1. The molecule has 3 aromatic rings. The maximum absolute atomic E-state index is 13.3. The highest BCUT2D eigenvalue weighted by molar-refractivity contribution is 5.96. The van der Waals surface area contributed by atoms with Crippen LogP contribution in [0.5, 0.6) is 0 Å². The zero-order valence-corrected chi connectivity index (χ0v) is 18.6. The minimum atomic E-state index is -0.634. The maximum atomic E-state index is 13.3. The SMILES string of the molecule is Cc1cc(C)n(-c2cccc(C(=O)N3CC[C@@]4(C3)CN(c3ccc(F)cc3)C(=O)CO4)c2)n1. The Hall–Kier alpha value is -3.52. The molecular weight excluding hydrogens is 423 g/mol. The van der Waals surface area contributed by atoms with E-state index in [1.54, 1.807) is 28.0 Å². The van der Waals surface area contributed by atoms with Gasteiger partial charge >= 0.3 is 0 Å². The number of morpholine rings is 1. The Balaban J connectivity index is 1.34. The summed E-state index contributed by atoms with van der Waals surface area (Å²) < 4.78 is 21.1. The van der Waals surface area contributed by atoms with Crippen LogP contribution in [0.1, 0.15) is 28.2 Å². The molecular formula is C25H25FN4O3. The maximum Gasteiger partial charge on any atom is 0.254 e. The number of carbonyl (C=O) groups is 2. The van der Waals surface area contributed by atoms with E-state index in [-0.39, 0.29) is 24.2 Å². The number of carbonyl (C=O) groups excluding carboxylic acids is 2. The van der Waals surface area contributed by atoms with Crippen LogP contribution in [0.15, 0.2) is 54.6 Å². The molecule has 2 aliphatic heterocycles. The number of halogens is 1. The molecule has 5 rings (SSSR count). The van der Waals surface area contributed by atoms with Crippen molar-refractivity contribution in [3.8, 4) is 5.69 Å². The number of hydrogen-bond donors (Lipinski definition) is 0. The predicted molar refractivity (Wildman–Crippen MR) is 121 cm³/mol. The summed E-state index contributed by atoms with van der Waals surface area (Å²) in [6, 6.07) is 15.3. The van der Waals surface area contributed by atoms with Crippen LogP contribution in [0, 0.1) is 19.7 Å². The summed E-state index contributed by atoms with van der Waals surface area (Å²) in [6.45, 7) is 5.11. The fraction of sp³-hybridized carbons (Fsp3) is 0.320. The highest BCUT2D eigenvalue weighted by atomic mass is 19.1. The van der Waals surface area contributed by atoms with Gasteiger partial charge in [0.2, 0.25) is 0 Å². The third kappa shape index (κ3) is 4.02. The number of rotatable bonds is 3. The number of amides is 2. The Morgan fingerprint density at radius 3 is 2.58 bits per heavy atom. The van der Waals surface area contributed by atoms with E-state index in [0.29, 0.717) is 37.3 Å². The second-order valence-corrected chi connectivity index (χ2v) is 8.79. The summed E-state index contributed by atoms with van der Waals surface area (Å²) in [5.41, 5.74) is 3.33. The van der Waals surface area contributed by atoms with E-state index in [1.807, 2.05) is 42.8 Å². The first-order chi connectivity index (χ1) is 15.8. The molecule has 3 heterocycles. The minimum Gasteiger partial charge on any atom is -0.361 e. The molecule has 0 unspecified atom stereocenters. The Labute approximate surface area is 191 Å². The van der Waals surface area contributed by atoms with Gasteiger partial charge in [0, 0.05) is 23.5 Å². The van der Waals surface area contributed by atoms with Crippen LogP contribution in [-0.2, 0) is 9.53 Å². The topological polar surface area (TPSA) is 67.7 Å². The normalized spacial score (nSPS) is 20.6. The molecule has 2 fully saturated rings. The molecule has 2 aromatic carbocycles. The van der Waals surface area contributed by atoms with Gasteiger partial charge in [-0.05, 0) is 68.8 Å². The zero-order valence-electron chi connectivity index (χ0n) is 18.6. The van der Waals surface area contributed by atoms with Crippen LogP contribution >= 0.6 is 0 Å². The van der Waals surface area contributed by atoms with Gasteiger partial charge in [-0.1, -0.05) is 6.07 Å². The van der Waals surface area contributed by atoms with Gasteiger partial charge in [-0.15, -0.1) is 0 Å². The van der Waals surface area contributed by atoms with Crippen molar-refractivity contribution >= 4 is 17.5 Å². The average Bonchev–Trinajstić information content (AvgIpc) is 3.38. The molecule has 2 amide bonds. The largest absolute Gasteiger partial charge is 0.361 e. The van der Waals surface area contributed by atoms with Crippen molar-refractivity contribution in [3.63, 3.8) is 0 Å². The average molecular weight is 448 g/mol. The summed E-state index contributed by atoms with van der Waals surface area (Å²) in [5.74, 6) is -0.604. The summed E-state index contributed by atoms with van der Waals surface area (Å²) >= 11 is 0. The second-order valence-electron chi connectivity index (χ2n) is 8.79. The fourth-order valence-electron chi connectivity index (χ4n) is 4.68. The van der Waals surface area contributed by atoms with Gasteiger partial charge in [-0.2, -0.15) is 5.10 Å². The van der Waals surface area contributed by atoms with Gasteiger partial charge in [0.1, 0.15) is 18.0 Å². The van der Waals surface area contributed by atoms with E-state index in [4.69, 9.17) is 4.74 Å². The summed E-state index contributed by atoms with van der Waals surface area (Å²) in [7, 11) is 0. The molecule has 33 heavy (non-hydrogen) atoms. The molecule has 0 radical (unpaired) electrons. The van der Waals surface area contributed by atoms with Crippen molar-refractivity contribution in [2.75, 3.05) is 31.1 Å². The van der Waals surface area contributed by atoms with Crippen LogP contribution < -0.4 is 4.90 Å². The molecule has 170 valence electrons. The van der Waals surface area contributed by atoms with Crippen molar-refractivity contribution in [3.05, 3.63) is 77.4 Å². The molecule has 8 heteroatoms. The van der Waals surface area contributed by atoms with Crippen molar-refractivity contribution in [2.24, 2.45) is 0 Å². The van der Waals surface area contributed by atoms with Crippen molar-refractivity contribution < 1.29 is 18.7 Å². The third-order valence-corrected chi connectivity index (χ3v) is 6.34. The van der Waals surface area contributed by atoms with Crippen LogP contribution in [0.4, 0.5) is 10.1 Å². The molecule has 0 saturated carbocycles. The number of nitrogens with zero attached hydrogens (tertiary/aromatic N) is 4. The van der Waals surface area contributed by atoms with E-state index in [0.717, 1.165) is 17.1 Å². The molecule has 2 saturated heterocycles. The van der Waals surface area contributed by atoms with Crippen molar-refractivity contribution in [2.45, 2.75) is 25.9 Å². The fourth-order valence-corrected chi connectivity index (χ4v) is 4.68. The van der Waals surface area contributed by atoms with E-state index >= 15 is 0 Å². The van der Waals surface area contributed by atoms with Gasteiger partial charge in [-0.25, -0.2) is 9.07 Å². The van der Waals surface area contributed by atoms with Gasteiger partial charge in [0.15, 0.2) is 0 Å². The molecule has 1 spiro atoms. The molecule has 2 aliphatic rings. The number of aryl methyl sites for hydroxylation is 2. The first kappa shape index (κ1) is 21.3. The lowest BCUT2D eigenvalue weighted by Gasteiger charge is -2.40. The van der Waals surface area contributed by atoms with E-state index in [9.17, 15) is 14.0 Å². The molecule has 0 bridgehead atoms. The van der Waals surface area contributed by atoms with Gasteiger partial charge in [0.25, 0.3) is 11.8 Å². The summed E-state index contributed by atoms with van der Waals surface area (Å²) in [6.07, 6.45) is 0.626. The third-order valence-electron chi connectivity index (χ3n) is 6.34. The molecule has 1 aromatic heterocycles. The molecule has 1 atom stereocenters. The summed E-state index contributed by atoms with van der Waals surface area (Å²) in [5, 5.41) is 4.51. The number of anilines is 1. The van der Waals surface area contributed by atoms with Gasteiger partial charge in [-0.3, -0.25) is 9.59 Å². The van der Waals surface area contributed by atoms with E-state index < -0.39 is 5.60 Å². The minimum absolute atomic E-state index is 0.0627. The lowest BCUT2D eigenvalue weighted by Crippen LogP contribution is -2.56. The Morgan fingerprint density at radius 2 is 1.85 bits per heavy atom. The quantitative estimate of drug-likeness (QED) is 0.617. The van der Waals surface area contributed by atoms with Crippen LogP contribution in [0.25, 0.3) is 5.69 Å². The molecule has 0 N–H and O–H groups in total. The van der Waals surface area contributed by atoms with Crippen LogP contribution in [-0.4, -0.2) is 58.3 Å². The molecule has 7 nitrogen and oxygen atoms in total. The van der Waals surface area contributed by atoms with Crippen LogP contribution in [0.2, 0.25) is 0 Å². The first-order valence-electron chi connectivity index (χ1n) is 11.0. The highest BCUT2D eigenvalue weighted by Crippen LogP contribution is 2.33. The molecule has 0 aliphatic carbocycles. The zero-order chi connectivity index (χ0) is 23.2. The summed E-state index contributed by atoms with van der Waals surface area (Å²) in [4.78, 5) is 29.2. The van der Waals surface area contributed by atoms with Gasteiger partial charge in [0.05, 0.1) is 24.5 Å². The number of benzene rings is 2. The second kappa shape index (κ2) is 8.12. The number of hydrogen-bond acceptors (Lipinski definition) is 4. The monoisotopic (exact) mass is 448 g/mol. The highest BCUT2D eigenvalue weighted by Gasteiger charge is 2.46. The Morgan fingerprint density at radius 1 is 1.06 bits per heavy atom.